The van der Waals surface area contributed by atoms with Gasteiger partial charge in [0.15, 0.2) is 0 Å². The van der Waals surface area contributed by atoms with Crippen LogP contribution >= 0.6 is 0 Å². The molecule has 3 aromatic rings. The molecule has 1 aliphatic heterocycles. The fourth-order valence-electron chi connectivity index (χ4n) is 3.67. The number of anilines is 2. The van der Waals surface area contributed by atoms with E-state index in [0.29, 0.717) is 11.1 Å². The Labute approximate surface area is 205 Å². The molecule has 37 heavy (non-hydrogen) atoms. The minimum atomic E-state index is -4.88. The van der Waals surface area contributed by atoms with E-state index >= 15 is 0 Å². The molecule has 1 heterocycles. The lowest BCUT2D eigenvalue weighted by Gasteiger charge is -2.25. The topological polar surface area (TPSA) is 74.6 Å². The number of nitrogens with one attached hydrogen (secondary N) is 1. The maximum atomic E-state index is 13.4. The van der Waals surface area contributed by atoms with E-state index in [1.54, 1.807) is 30.3 Å². The van der Waals surface area contributed by atoms with Gasteiger partial charge in [0.2, 0.25) is 0 Å². The van der Waals surface area contributed by atoms with Crippen LogP contribution in [-0.2, 0) is 4.79 Å². The Bertz CT molecular complexity index is 1360. The number of ether oxygens (including phenoxy) is 2. The van der Waals surface area contributed by atoms with E-state index in [9.17, 15) is 36.4 Å². The molecule has 6 nitrogen and oxygen atoms in total. The van der Waals surface area contributed by atoms with Gasteiger partial charge in [-0.3, -0.25) is 9.69 Å². The predicted octanol–water partition coefficient (Wildman–Crippen LogP) is 6.44. The van der Waals surface area contributed by atoms with Crippen molar-refractivity contribution < 1.29 is 40.6 Å². The van der Waals surface area contributed by atoms with E-state index < -0.39 is 36.2 Å². The molecule has 0 saturated heterocycles. The quantitative estimate of drug-likeness (QED) is 0.380. The minimum absolute atomic E-state index is 0.0625. The molecular weight excluding hydrogens is 504 g/mol. The molecule has 1 unspecified atom stereocenters. The van der Waals surface area contributed by atoms with Gasteiger partial charge in [0.25, 0.3) is 5.91 Å². The molecule has 1 aliphatic rings. The molecule has 190 valence electrons. The van der Waals surface area contributed by atoms with Gasteiger partial charge < -0.3 is 14.8 Å². The van der Waals surface area contributed by atoms with Crippen LogP contribution in [0.2, 0.25) is 0 Å². The number of carbonyl (C=O) groups is 1. The number of nitriles is 1. The van der Waals surface area contributed by atoms with Crippen molar-refractivity contribution in [3.8, 4) is 17.6 Å². The van der Waals surface area contributed by atoms with E-state index in [1.807, 2.05) is 6.07 Å². The highest BCUT2D eigenvalue weighted by Crippen LogP contribution is 2.37. The van der Waals surface area contributed by atoms with Crippen LogP contribution < -0.4 is 19.7 Å². The summed E-state index contributed by atoms with van der Waals surface area (Å²) in [5.41, 5.74) is 1.47. The summed E-state index contributed by atoms with van der Waals surface area (Å²) in [6.07, 6.45) is -8.20. The van der Waals surface area contributed by atoms with Gasteiger partial charge in [-0.2, -0.15) is 5.26 Å². The Morgan fingerprint density at radius 1 is 0.838 bits per heavy atom. The highest BCUT2D eigenvalue weighted by Gasteiger charge is 2.36. The highest BCUT2D eigenvalue weighted by molar-refractivity contribution is 6.11. The van der Waals surface area contributed by atoms with Crippen molar-refractivity contribution in [1.82, 2.24) is 0 Å². The first-order valence-electron chi connectivity index (χ1n) is 10.5. The fraction of sp³-hybridized carbons (Fsp3) is 0.120. The molecule has 0 saturated carbocycles. The number of benzene rings is 3. The van der Waals surface area contributed by atoms with Crippen LogP contribution in [0.5, 0.6) is 11.5 Å². The maximum Gasteiger partial charge on any atom is 0.573 e. The number of hydrogen-bond acceptors (Lipinski definition) is 5. The zero-order valence-corrected chi connectivity index (χ0v) is 18.5. The molecule has 1 amide bonds. The summed E-state index contributed by atoms with van der Waals surface area (Å²) in [5, 5.41) is 12.1. The molecule has 0 aliphatic carbocycles. The number of amides is 1. The average Bonchev–Trinajstić information content (AvgIpc) is 3.15. The molecular formula is C25H15F6N3O3. The van der Waals surface area contributed by atoms with Gasteiger partial charge in [0, 0.05) is 11.4 Å². The van der Waals surface area contributed by atoms with Crippen LogP contribution in [0.25, 0.3) is 0 Å². The molecule has 3 aromatic carbocycles. The third-order valence-corrected chi connectivity index (χ3v) is 5.12. The van der Waals surface area contributed by atoms with Gasteiger partial charge >= 0.3 is 12.7 Å². The van der Waals surface area contributed by atoms with Crippen molar-refractivity contribution in [3.05, 3.63) is 95.7 Å². The monoisotopic (exact) mass is 519 g/mol. The lowest BCUT2D eigenvalue weighted by molar-refractivity contribution is -0.275. The van der Waals surface area contributed by atoms with Gasteiger partial charge in [-0.25, -0.2) is 0 Å². The number of halogens is 6. The lowest BCUT2D eigenvalue weighted by atomic mass is 10.0. The van der Waals surface area contributed by atoms with Crippen molar-refractivity contribution in [2.45, 2.75) is 18.8 Å². The van der Waals surface area contributed by atoms with E-state index in [-0.39, 0.29) is 17.1 Å². The summed E-state index contributed by atoms with van der Waals surface area (Å²) in [4.78, 5) is 14.7. The van der Waals surface area contributed by atoms with E-state index in [4.69, 9.17) is 0 Å². The zero-order valence-electron chi connectivity index (χ0n) is 18.5. The summed E-state index contributed by atoms with van der Waals surface area (Å²) >= 11 is 0. The molecule has 0 radical (unpaired) electrons. The molecule has 0 bridgehead atoms. The zero-order chi connectivity index (χ0) is 26.8. The van der Waals surface area contributed by atoms with Crippen LogP contribution in [0.4, 0.5) is 37.7 Å². The second-order valence-electron chi connectivity index (χ2n) is 7.68. The van der Waals surface area contributed by atoms with Gasteiger partial charge in [0.05, 0.1) is 17.7 Å². The first-order chi connectivity index (χ1) is 17.4. The highest BCUT2D eigenvalue weighted by atomic mass is 19.4. The number of rotatable bonds is 6. The van der Waals surface area contributed by atoms with E-state index in [1.165, 1.54) is 29.2 Å². The Balaban J connectivity index is 1.64. The Kier molecular flexibility index (Phi) is 6.72. The van der Waals surface area contributed by atoms with Gasteiger partial charge in [-0.1, -0.05) is 12.1 Å². The van der Waals surface area contributed by atoms with Crippen molar-refractivity contribution in [3.63, 3.8) is 0 Å². The van der Waals surface area contributed by atoms with Crippen LogP contribution in [0, 0.1) is 11.3 Å². The van der Waals surface area contributed by atoms with Crippen molar-refractivity contribution in [1.29, 1.82) is 5.26 Å². The van der Waals surface area contributed by atoms with Crippen molar-refractivity contribution in [2.24, 2.45) is 0 Å². The van der Waals surface area contributed by atoms with Gasteiger partial charge in [0.1, 0.15) is 17.2 Å². The van der Waals surface area contributed by atoms with Gasteiger partial charge in [-0.05, 0) is 72.3 Å². The first-order valence-corrected chi connectivity index (χ1v) is 10.5. The normalized spacial score (nSPS) is 15.7. The SMILES string of the molecule is N#Cc1cccc(C2C=C(Nc3ccc(OC(F)(F)F)cc3)C(=O)N2c2ccc(OC(F)(F)F)cc2)c1. The minimum Gasteiger partial charge on any atom is -0.406 e. The van der Waals surface area contributed by atoms with Crippen molar-refractivity contribution in [2.75, 3.05) is 10.2 Å². The van der Waals surface area contributed by atoms with Crippen LogP contribution in [0.1, 0.15) is 17.2 Å². The van der Waals surface area contributed by atoms with E-state index in [2.05, 4.69) is 14.8 Å². The molecule has 0 aromatic heterocycles. The van der Waals surface area contributed by atoms with Crippen LogP contribution in [0.3, 0.4) is 0 Å². The molecule has 1 N–H and O–H groups in total. The second-order valence-corrected chi connectivity index (χ2v) is 7.68. The standard InChI is InChI=1S/C25H15F6N3O3/c26-24(27,28)36-19-8-4-17(5-9-19)33-21-13-22(16-3-1-2-15(12-16)14-32)34(23(21)35)18-6-10-20(11-7-18)37-25(29,30)31/h1-13,22,33H. The fourth-order valence-corrected chi connectivity index (χ4v) is 3.67. The maximum absolute atomic E-state index is 13.4. The summed E-state index contributed by atoms with van der Waals surface area (Å²) in [6.45, 7) is 0. The molecule has 0 fully saturated rings. The average molecular weight is 519 g/mol. The van der Waals surface area contributed by atoms with Gasteiger partial charge in [-0.15, -0.1) is 26.3 Å². The smallest absolute Gasteiger partial charge is 0.406 e. The summed E-state index contributed by atoms with van der Waals surface area (Å²) in [5.74, 6) is -1.48. The molecule has 1 atom stereocenters. The molecule has 12 heteroatoms. The number of nitrogens with zero attached hydrogens (tertiary/aromatic N) is 2. The second kappa shape index (κ2) is 9.77. The third-order valence-electron chi connectivity index (χ3n) is 5.12. The van der Waals surface area contributed by atoms with Crippen LogP contribution in [-0.4, -0.2) is 18.6 Å². The largest absolute Gasteiger partial charge is 0.573 e. The molecule has 4 rings (SSSR count). The Morgan fingerprint density at radius 3 is 1.95 bits per heavy atom. The summed E-state index contributed by atoms with van der Waals surface area (Å²) < 4.78 is 82.5. The molecule has 0 spiro atoms. The summed E-state index contributed by atoms with van der Waals surface area (Å²) in [7, 11) is 0. The Hall–Kier alpha value is -4.66. The Morgan fingerprint density at radius 2 is 1.41 bits per heavy atom. The first kappa shape index (κ1) is 25.4. The third kappa shape index (κ3) is 6.32. The van der Waals surface area contributed by atoms with E-state index in [0.717, 1.165) is 24.3 Å². The predicted molar refractivity (Wildman–Crippen MR) is 119 cm³/mol. The van der Waals surface area contributed by atoms with Crippen LogP contribution in [0.15, 0.2) is 84.6 Å². The number of carbonyl (C=O) groups excluding carboxylic acids is 1. The summed E-state index contributed by atoms with van der Waals surface area (Å²) in [6, 6.07) is 17.1. The number of alkyl halides is 6. The number of hydrogen-bond donors (Lipinski definition) is 1. The lowest BCUT2D eigenvalue weighted by Crippen LogP contribution is -2.30. The van der Waals surface area contributed by atoms with Crippen molar-refractivity contribution >= 4 is 17.3 Å².